The topological polar surface area (TPSA) is 38.3 Å². The Bertz CT molecular complexity index is 599. The molecular formula is C17H19NO2S. The van der Waals surface area contributed by atoms with Crippen LogP contribution in [0.4, 0.5) is 0 Å². The van der Waals surface area contributed by atoms with E-state index >= 15 is 0 Å². The van der Waals surface area contributed by atoms with Crippen molar-refractivity contribution in [3.8, 4) is 5.75 Å². The zero-order valence-electron chi connectivity index (χ0n) is 12.3. The van der Waals surface area contributed by atoms with Gasteiger partial charge in [-0.3, -0.25) is 4.79 Å². The summed E-state index contributed by atoms with van der Waals surface area (Å²) in [6.45, 7) is 2.57. The summed E-state index contributed by atoms with van der Waals surface area (Å²) in [5.41, 5.74) is 1.63. The number of rotatable bonds is 6. The average Bonchev–Trinajstić information content (AvgIpc) is 2.52. The van der Waals surface area contributed by atoms with Gasteiger partial charge in [0.15, 0.2) is 0 Å². The van der Waals surface area contributed by atoms with Gasteiger partial charge in [0.1, 0.15) is 5.75 Å². The molecule has 0 aliphatic heterocycles. The first-order valence-corrected chi connectivity index (χ1v) is 7.80. The molecule has 21 heavy (non-hydrogen) atoms. The first kappa shape index (κ1) is 15.4. The Balaban J connectivity index is 1.80. The Kier molecular flexibility index (Phi) is 5.69. The number of ether oxygens (including phenoxy) is 1. The summed E-state index contributed by atoms with van der Waals surface area (Å²) in [6, 6.07) is 15.6. The first-order chi connectivity index (χ1) is 10.2. The maximum atomic E-state index is 12.0. The molecule has 0 spiro atoms. The SMILES string of the molecule is COc1ccc(C(=O)NCCSc2ccccc2)cc1C. The van der Waals surface area contributed by atoms with Gasteiger partial charge in [-0.25, -0.2) is 0 Å². The summed E-state index contributed by atoms with van der Waals surface area (Å²) in [4.78, 5) is 13.3. The fourth-order valence-electron chi connectivity index (χ4n) is 1.97. The van der Waals surface area contributed by atoms with Crippen LogP contribution in [-0.2, 0) is 0 Å². The summed E-state index contributed by atoms with van der Waals surface area (Å²) in [6.07, 6.45) is 0. The van der Waals surface area contributed by atoms with E-state index in [4.69, 9.17) is 4.74 Å². The minimum Gasteiger partial charge on any atom is -0.496 e. The van der Waals surface area contributed by atoms with Crippen molar-refractivity contribution in [2.75, 3.05) is 19.4 Å². The maximum absolute atomic E-state index is 12.0. The molecule has 2 aromatic carbocycles. The van der Waals surface area contributed by atoms with Crippen molar-refractivity contribution in [1.82, 2.24) is 5.32 Å². The van der Waals surface area contributed by atoms with Crippen LogP contribution in [0, 0.1) is 6.92 Å². The normalized spacial score (nSPS) is 10.2. The van der Waals surface area contributed by atoms with Gasteiger partial charge < -0.3 is 10.1 Å². The highest BCUT2D eigenvalue weighted by Gasteiger charge is 2.07. The van der Waals surface area contributed by atoms with Crippen molar-refractivity contribution in [2.24, 2.45) is 0 Å². The van der Waals surface area contributed by atoms with Crippen molar-refractivity contribution in [2.45, 2.75) is 11.8 Å². The van der Waals surface area contributed by atoms with E-state index in [0.29, 0.717) is 12.1 Å². The van der Waals surface area contributed by atoms with E-state index in [1.807, 2.05) is 37.3 Å². The first-order valence-electron chi connectivity index (χ1n) is 6.81. The second-order valence-corrected chi connectivity index (χ2v) is 5.77. The van der Waals surface area contributed by atoms with Crippen LogP contribution < -0.4 is 10.1 Å². The molecule has 2 rings (SSSR count). The van der Waals surface area contributed by atoms with Crippen molar-refractivity contribution in [3.05, 3.63) is 59.7 Å². The van der Waals surface area contributed by atoms with Crippen LogP contribution in [0.2, 0.25) is 0 Å². The van der Waals surface area contributed by atoms with Gasteiger partial charge in [0.25, 0.3) is 5.91 Å². The summed E-state index contributed by atoms with van der Waals surface area (Å²) in [7, 11) is 1.63. The second-order valence-electron chi connectivity index (χ2n) is 4.60. The third-order valence-electron chi connectivity index (χ3n) is 3.06. The summed E-state index contributed by atoms with van der Waals surface area (Å²) in [5, 5.41) is 2.93. The zero-order valence-corrected chi connectivity index (χ0v) is 13.1. The molecular weight excluding hydrogens is 282 g/mol. The molecule has 4 heteroatoms. The fourth-order valence-corrected chi connectivity index (χ4v) is 2.76. The van der Waals surface area contributed by atoms with Gasteiger partial charge in [-0.1, -0.05) is 18.2 Å². The van der Waals surface area contributed by atoms with E-state index in [1.165, 1.54) is 4.90 Å². The molecule has 1 N–H and O–H groups in total. The monoisotopic (exact) mass is 301 g/mol. The average molecular weight is 301 g/mol. The Hall–Kier alpha value is -1.94. The Labute approximate surface area is 129 Å². The molecule has 0 aromatic heterocycles. The van der Waals surface area contributed by atoms with Crippen molar-refractivity contribution in [3.63, 3.8) is 0 Å². The van der Waals surface area contributed by atoms with Gasteiger partial charge in [-0.05, 0) is 42.8 Å². The van der Waals surface area contributed by atoms with Gasteiger partial charge in [-0.2, -0.15) is 0 Å². The van der Waals surface area contributed by atoms with E-state index in [-0.39, 0.29) is 5.91 Å². The molecule has 0 aliphatic carbocycles. The van der Waals surface area contributed by atoms with Crippen LogP contribution in [0.1, 0.15) is 15.9 Å². The standard InChI is InChI=1S/C17H19NO2S/c1-13-12-14(8-9-16(13)20-2)17(19)18-10-11-21-15-6-4-3-5-7-15/h3-9,12H,10-11H2,1-2H3,(H,18,19). The van der Waals surface area contributed by atoms with Crippen molar-refractivity contribution < 1.29 is 9.53 Å². The minimum absolute atomic E-state index is 0.0468. The lowest BCUT2D eigenvalue weighted by molar-refractivity contribution is 0.0956. The third kappa shape index (κ3) is 4.53. The Morgan fingerprint density at radius 2 is 1.95 bits per heavy atom. The third-order valence-corrected chi connectivity index (χ3v) is 4.07. The number of thioether (sulfide) groups is 1. The molecule has 0 saturated carbocycles. The van der Waals surface area contributed by atoms with Gasteiger partial charge in [-0.15, -0.1) is 11.8 Å². The molecule has 0 unspecified atom stereocenters. The summed E-state index contributed by atoms with van der Waals surface area (Å²) < 4.78 is 5.19. The van der Waals surface area contributed by atoms with Crippen LogP contribution in [0.3, 0.4) is 0 Å². The number of nitrogens with one attached hydrogen (secondary N) is 1. The predicted octanol–water partition coefficient (Wildman–Crippen LogP) is 3.53. The van der Waals surface area contributed by atoms with E-state index in [2.05, 4.69) is 17.4 Å². The summed E-state index contributed by atoms with van der Waals surface area (Å²) >= 11 is 1.73. The molecule has 110 valence electrons. The molecule has 0 radical (unpaired) electrons. The number of carbonyl (C=O) groups excluding carboxylic acids is 1. The van der Waals surface area contributed by atoms with E-state index in [1.54, 1.807) is 24.9 Å². The lowest BCUT2D eigenvalue weighted by Crippen LogP contribution is -2.25. The highest BCUT2D eigenvalue weighted by atomic mass is 32.2. The zero-order chi connectivity index (χ0) is 15.1. The van der Waals surface area contributed by atoms with E-state index in [9.17, 15) is 4.79 Å². The fraction of sp³-hybridized carbons (Fsp3) is 0.235. The van der Waals surface area contributed by atoms with Gasteiger partial charge in [0.2, 0.25) is 0 Å². The van der Waals surface area contributed by atoms with Crippen molar-refractivity contribution >= 4 is 17.7 Å². The van der Waals surface area contributed by atoms with E-state index in [0.717, 1.165) is 17.1 Å². The predicted molar refractivity (Wildman–Crippen MR) is 87.2 cm³/mol. The molecule has 1 amide bonds. The van der Waals surface area contributed by atoms with E-state index < -0.39 is 0 Å². The maximum Gasteiger partial charge on any atom is 0.251 e. The molecule has 0 saturated heterocycles. The quantitative estimate of drug-likeness (QED) is 0.655. The molecule has 3 nitrogen and oxygen atoms in total. The molecule has 0 bridgehead atoms. The van der Waals surface area contributed by atoms with Crippen molar-refractivity contribution in [1.29, 1.82) is 0 Å². The molecule has 0 heterocycles. The lowest BCUT2D eigenvalue weighted by Gasteiger charge is -2.08. The number of methoxy groups -OCH3 is 1. The van der Waals surface area contributed by atoms with Gasteiger partial charge in [0, 0.05) is 22.8 Å². The Morgan fingerprint density at radius 3 is 2.62 bits per heavy atom. The highest BCUT2D eigenvalue weighted by Crippen LogP contribution is 2.18. The van der Waals surface area contributed by atoms with Crippen LogP contribution in [0.25, 0.3) is 0 Å². The lowest BCUT2D eigenvalue weighted by atomic mass is 10.1. The molecule has 0 fully saturated rings. The number of hydrogen-bond donors (Lipinski definition) is 1. The highest BCUT2D eigenvalue weighted by molar-refractivity contribution is 7.99. The number of amides is 1. The largest absolute Gasteiger partial charge is 0.496 e. The van der Waals surface area contributed by atoms with Gasteiger partial charge in [0.05, 0.1) is 7.11 Å². The smallest absolute Gasteiger partial charge is 0.251 e. The number of carbonyl (C=O) groups is 1. The molecule has 2 aromatic rings. The Morgan fingerprint density at radius 1 is 1.19 bits per heavy atom. The number of hydrogen-bond acceptors (Lipinski definition) is 3. The van der Waals surface area contributed by atoms with Gasteiger partial charge >= 0.3 is 0 Å². The molecule has 0 aliphatic rings. The van der Waals surface area contributed by atoms with Crippen LogP contribution >= 0.6 is 11.8 Å². The van der Waals surface area contributed by atoms with Crippen LogP contribution in [0.15, 0.2) is 53.4 Å². The number of benzene rings is 2. The summed E-state index contributed by atoms with van der Waals surface area (Å²) in [5.74, 6) is 1.60. The van der Waals surface area contributed by atoms with Crippen LogP contribution in [0.5, 0.6) is 5.75 Å². The minimum atomic E-state index is -0.0468. The molecule has 0 atom stereocenters. The number of aryl methyl sites for hydroxylation is 1. The second kappa shape index (κ2) is 7.74. The van der Waals surface area contributed by atoms with Crippen LogP contribution in [-0.4, -0.2) is 25.3 Å².